The van der Waals surface area contributed by atoms with Crippen LogP contribution in [-0.2, 0) is 6.54 Å². The fraction of sp³-hybridized carbons (Fsp3) is 0.167. The Bertz CT molecular complexity index is 1080. The summed E-state index contributed by atoms with van der Waals surface area (Å²) in [6, 6.07) is 14.7. The molecule has 0 radical (unpaired) electrons. The average molecular weight is 441 g/mol. The Labute approximate surface area is 183 Å². The van der Waals surface area contributed by atoms with E-state index in [0.717, 1.165) is 12.1 Å². The maximum atomic E-state index is 13.6. The van der Waals surface area contributed by atoms with E-state index >= 15 is 0 Å². The lowest BCUT2D eigenvalue weighted by molar-refractivity contribution is 0.0741. The number of hydrogen-bond acceptors (Lipinski definition) is 3. The van der Waals surface area contributed by atoms with Crippen LogP contribution in [0.5, 0.6) is 0 Å². The molecule has 0 saturated heterocycles. The van der Waals surface area contributed by atoms with Crippen molar-refractivity contribution in [3.8, 4) is 0 Å². The van der Waals surface area contributed by atoms with Crippen LogP contribution in [0.4, 0.5) is 18.9 Å². The van der Waals surface area contributed by atoms with E-state index < -0.39 is 29.3 Å². The highest BCUT2D eigenvalue weighted by Crippen LogP contribution is 2.17. The molecule has 3 aromatic rings. The van der Waals surface area contributed by atoms with Crippen molar-refractivity contribution in [3.63, 3.8) is 0 Å². The number of amides is 2. The highest BCUT2D eigenvalue weighted by molar-refractivity contribution is 6.04. The van der Waals surface area contributed by atoms with Gasteiger partial charge in [0.15, 0.2) is 0 Å². The standard InChI is InChI=1S/C24H22F3N3O2/c25-19-7-5-17(6-8-19)23(31)29-22-4-1-3-16(11-22)15-30(10-2-9-28)24(32)18-12-20(26)14-21(27)13-18/h1,3-8,11-14H,2,9-10,15,28H2,(H,29,31). The van der Waals surface area contributed by atoms with Gasteiger partial charge in [-0.15, -0.1) is 0 Å². The predicted molar refractivity (Wildman–Crippen MR) is 116 cm³/mol. The molecule has 0 bridgehead atoms. The molecule has 0 unspecified atom stereocenters. The van der Waals surface area contributed by atoms with Crippen molar-refractivity contribution in [1.29, 1.82) is 0 Å². The van der Waals surface area contributed by atoms with Crippen LogP contribution in [0.25, 0.3) is 0 Å². The summed E-state index contributed by atoms with van der Waals surface area (Å²) in [4.78, 5) is 26.7. The lowest BCUT2D eigenvalue weighted by Gasteiger charge is -2.23. The van der Waals surface area contributed by atoms with Crippen molar-refractivity contribution in [2.24, 2.45) is 5.73 Å². The zero-order chi connectivity index (χ0) is 23.1. The molecular formula is C24H22F3N3O2. The summed E-state index contributed by atoms with van der Waals surface area (Å²) in [5.41, 5.74) is 6.96. The second-order valence-electron chi connectivity index (χ2n) is 7.19. The van der Waals surface area contributed by atoms with Gasteiger partial charge in [-0.05, 0) is 67.1 Å². The van der Waals surface area contributed by atoms with Gasteiger partial charge >= 0.3 is 0 Å². The molecule has 0 spiro atoms. The number of hydrogen-bond donors (Lipinski definition) is 2. The fourth-order valence-electron chi connectivity index (χ4n) is 3.17. The summed E-state index contributed by atoms with van der Waals surface area (Å²) in [5.74, 6) is -3.05. The van der Waals surface area contributed by atoms with Crippen LogP contribution in [0.3, 0.4) is 0 Å². The van der Waals surface area contributed by atoms with Crippen LogP contribution < -0.4 is 11.1 Å². The number of halogens is 3. The fourth-order valence-corrected chi connectivity index (χ4v) is 3.17. The van der Waals surface area contributed by atoms with E-state index in [0.29, 0.717) is 42.4 Å². The van der Waals surface area contributed by atoms with Gasteiger partial charge in [-0.3, -0.25) is 9.59 Å². The number of carbonyl (C=O) groups is 2. The topological polar surface area (TPSA) is 75.4 Å². The van der Waals surface area contributed by atoms with E-state index in [1.807, 2.05) is 0 Å². The highest BCUT2D eigenvalue weighted by atomic mass is 19.1. The monoisotopic (exact) mass is 441 g/mol. The number of anilines is 1. The molecule has 0 aromatic heterocycles. The van der Waals surface area contributed by atoms with Gasteiger partial charge in [0.1, 0.15) is 17.5 Å². The molecule has 8 heteroatoms. The van der Waals surface area contributed by atoms with Crippen molar-refractivity contribution in [2.75, 3.05) is 18.4 Å². The molecule has 32 heavy (non-hydrogen) atoms. The van der Waals surface area contributed by atoms with Crippen molar-refractivity contribution < 1.29 is 22.8 Å². The second-order valence-corrected chi connectivity index (χ2v) is 7.19. The first-order chi connectivity index (χ1) is 15.4. The average Bonchev–Trinajstić information content (AvgIpc) is 2.76. The van der Waals surface area contributed by atoms with Gasteiger partial charge in [-0.2, -0.15) is 0 Å². The first kappa shape index (κ1) is 23.0. The van der Waals surface area contributed by atoms with Crippen molar-refractivity contribution in [3.05, 3.63) is 101 Å². The van der Waals surface area contributed by atoms with E-state index in [-0.39, 0.29) is 12.1 Å². The van der Waals surface area contributed by atoms with Crippen molar-refractivity contribution >= 4 is 17.5 Å². The molecule has 0 aliphatic rings. The molecular weight excluding hydrogens is 419 g/mol. The molecule has 0 heterocycles. The normalized spacial score (nSPS) is 10.6. The Kier molecular flexibility index (Phi) is 7.62. The summed E-state index contributed by atoms with van der Waals surface area (Å²) < 4.78 is 40.2. The third-order valence-corrected chi connectivity index (χ3v) is 4.69. The summed E-state index contributed by atoms with van der Waals surface area (Å²) in [7, 11) is 0. The zero-order valence-electron chi connectivity index (χ0n) is 17.2. The van der Waals surface area contributed by atoms with Crippen LogP contribution in [-0.4, -0.2) is 29.8 Å². The van der Waals surface area contributed by atoms with Crippen LogP contribution in [0, 0.1) is 17.5 Å². The van der Waals surface area contributed by atoms with Crippen molar-refractivity contribution in [2.45, 2.75) is 13.0 Å². The lowest BCUT2D eigenvalue weighted by atomic mass is 10.1. The molecule has 3 N–H and O–H groups in total. The molecule has 3 rings (SSSR count). The Balaban J connectivity index is 1.77. The van der Waals surface area contributed by atoms with Crippen LogP contribution >= 0.6 is 0 Å². The second kappa shape index (κ2) is 10.6. The van der Waals surface area contributed by atoms with Crippen LogP contribution in [0.2, 0.25) is 0 Å². The first-order valence-corrected chi connectivity index (χ1v) is 9.97. The maximum Gasteiger partial charge on any atom is 0.255 e. The highest BCUT2D eigenvalue weighted by Gasteiger charge is 2.18. The number of nitrogens with one attached hydrogen (secondary N) is 1. The minimum Gasteiger partial charge on any atom is -0.334 e. The smallest absolute Gasteiger partial charge is 0.255 e. The largest absolute Gasteiger partial charge is 0.334 e. The third kappa shape index (κ3) is 6.18. The van der Waals surface area contributed by atoms with Gasteiger partial charge in [-0.25, -0.2) is 13.2 Å². The SMILES string of the molecule is NCCCN(Cc1cccc(NC(=O)c2ccc(F)cc2)c1)C(=O)c1cc(F)cc(F)c1. The van der Waals surface area contributed by atoms with Gasteiger partial charge in [0.25, 0.3) is 11.8 Å². The quantitative estimate of drug-likeness (QED) is 0.546. The number of nitrogens with two attached hydrogens (primary N) is 1. The minimum absolute atomic E-state index is 0.0970. The van der Waals surface area contributed by atoms with E-state index in [4.69, 9.17) is 5.73 Å². The lowest BCUT2D eigenvalue weighted by Crippen LogP contribution is -2.32. The molecule has 0 aliphatic heterocycles. The summed E-state index contributed by atoms with van der Waals surface area (Å²) >= 11 is 0. The Morgan fingerprint density at radius 1 is 0.844 bits per heavy atom. The minimum atomic E-state index is -0.836. The molecule has 0 saturated carbocycles. The Morgan fingerprint density at radius 2 is 1.53 bits per heavy atom. The van der Waals surface area contributed by atoms with Crippen LogP contribution in [0.15, 0.2) is 66.7 Å². The molecule has 166 valence electrons. The van der Waals surface area contributed by atoms with Crippen LogP contribution in [0.1, 0.15) is 32.7 Å². The van der Waals surface area contributed by atoms with Gasteiger partial charge in [0.2, 0.25) is 0 Å². The third-order valence-electron chi connectivity index (χ3n) is 4.69. The molecule has 2 amide bonds. The van der Waals surface area contributed by atoms with E-state index in [1.165, 1.54) is 29.2 Å². The number of carbonyl (C=O) groups excluding carboxylic acids is 2. The summed E-state index contributed by atoms with van der Waals surface area (Å²) in [6.45, 7) is 0.784. The Morgan fingerprint density at radius 3 is 2.19 bits per heavy atom. The number of rotatable bonds is 8. The van der Waals surface area contributed by atoms with E-state index in [9.17, 15) is 22.8 Å². The zero-order valence-corrected chi connectivity index (χ0v) is 17.2. The predicted octanol–water partition coefficient (Wildman–Crippen LogP) is 4.35. The summed E-state index contributed by atoms with van der Waals surface area (Å²) in [6.07, 6.45) is 0.504. The van der Waals surface area contributed by atoms with Gasteiger partial charge < -0.3 is 16.0 Å². The van der Waals surface area contributed by atoms with E-state index in [2.05, 4.69) is 5.32 Å². The molecule has 0 aliphatic carbocycles. The number of nitrogens with zero attached hydrogens (tertiary/aromatic N) is 1. The van der Waals surface area contributed by atoms with Crippen molar-refractivity contribution in [1.82, 2.24) is 4.90 Å². The Hall–Kier alpha value is -3.65. The summed E-state index contributed by atoms with van der Waals surface area (Å²) in [5, 5.41) is 2.73. The van der Waals surface area contributed by atoms with Gasteiger partial charge in [0, 0.05) is 36.0 Å². The molecule has 0 atom stereocenters. The molecule has 5 nitrogen and oxygen atoms in total. The van der Waals surface area contributed by atoms with Gasteiger partial charge in [0.05, 0.1) is 0 Å². The van der Waals surface area contributed by atoms with E-state index in [1.54, 1.807) is 24.3 Å². The van der Waals surface area contributed by atoms with Gasteiger partial charge in [-0.1, -0.05) is 12.1 Å². The maximum absolute atomic E-state index is 13.6. The molecule has 3 aromatic carbocycles. The first-order valence-electron chi connectivity index (χ1n) is 9.97. The number of benzene rings is 3. The molecule has 0 fully saturated rings.